The Kier molecular flexibility index (Phi) is 8.26. The molecule has 1 aromatic heterocycles. The maximum absolute atomic E-state index is 12.4. The minimum Gasteiger partial charge on any atom is -0.357 e. The van der Waals surface area contributed by atoms with Gasteiger partial charge in [0.1, 0.15) is 5.82 Å². The number of amides is 1. The molecule has 31 heavy (non-hydrogen) atoms. The third kappa shape index (κ3) is 6.19. The van der Waals surface area contributed by atoms with Gasteiger partial charge in [-0.15, -0.1) is 0 Å². The fraction of sp³-hybridized carbons (Fsp3) is 0.545. The molecule has 1 aliphatic heterocycles. The highest BCUT2D eigenvalue weighted by atomic mass is 16.2. The van der Waals surface area contributed by atoms with Crippen molar-refractivity contribution in [3.63, 3.8) is 0 Å². The van der Waals surface area contributed by atoms with Crippen molar-refractivity contribution in [1.82, 2.24) is 30.3 Å². The molecule has 168 valence electrons. The lowest BCUT2D eigenvalue weighted by Crippen LogP contribution is -2.38. The second-order valence-electron chi connectivity index (χ2n) is 7.60. The Morgan fingerprint density at radius 3 is 2.90 bits per heavy atom. The van der Waals surface area contributed by atoms with E-state index >= 15 is 0 Å². The zero-order valence-corrected chi connectivity index (χ0v) is 18.5. The highest BCUT2D eigenvalue weighted by molar-refractivity contribution is 5.94. The van der Waals surface area contributed by atoms with Crippen LogP contribution < -0.4 is 21.6 Å². The molecule has 9 nitrogen and oxygen atoms in total. The number of aryl methyl sites for hydroxylation is 2. The number of nitrogens with one attached hydrogen (secondary N) is 3. The molecule has 0 unspecified atom stereocenters. The Morgan fingerprint density at radius 1 is 1.26 bits per heavy atom. The minimum absolute atomic E-state index is 0.00250. The predicted octanol–water partition coefficient (Wildman–Crippen LogP) is 0.929. The molecule has 0 bridgehead atoms. The molecule has 0 saturated heterocycles. The summed E-state index contributed by atoms with van der Waals surface area (Å²) in [6, 6.07) is 7.63. The lowest BCUT2D eigenvalue weighted by molar-refractivity contribution is 0.0963. The van der Waals surface area contributed by atoms with Crippen LogP contribution in [0.4, 0.5) is 0 Å². The van der Waals surface area contributed by atoms with Crippen molar-refractivity contribution in [2.45, 2.75) is 52.1 Å². The van der Waals surface area contributed by atoms with Gasteiger partial charge in [0.25, 0.3) is 5.91 Å². The molecule has 9 heteroatoms. The first kappa shape index (κ1) is 22.6. The Bertz CT molecular complexity index is 961. The highest BCUT2D eigenvalue weighted by Crippen LogP contribution is 2.09. The van der Waals surface area contributed by atoms with Crippen molar-refractivity contribution < 1.29 is 4.79 Å². The average molecular weight is 428 g/mol. The Labute approximate surface area is 182 Å². The summed E-state index contributed by atoms with van der Waals surface area (Å²) in [5.41, 5.74) is 1.76. The summed E-state index contributed by atoms with van der Waals surface area (Å²) in [6.45, 7) is 5.47. The van der Waals surface area contributed by atoms with E-state index in [1.165, 1.54) is 0 Å². The second kappa shape index (κ2) is 11.3. The summed E-state index contributed by atoms with van der Waals surface area (Å²) < 4.78 is 3.38. The number of aromatic nitrogens is 3. The number of hydrogen-bond donors (Lipinski definition) is 3. The van der Waals surface area contributed by atoms with E-state index < -0.39 is 0 Å². The van der Waals surface area contributed by atoms with E-state index in [0.29, 0.717) is 25.2 Å². The van der Waals surface area contributed by atoms with Crippen LogP contribution >= 0.6 is 0 Å². The first-order chi connectivity index (χ1) is 15.1. The van der Waals surface area contributed by atoms with Crippen LogP contribution in [0.15, 0.2) is 34.1 Å². The zero-order chi connectivity index (χ0) is 22.1. The van der Waals surface area contributed by atoms with E-state index in [1.807, 2.05) is 31.2 Å². The average Bonchev–Trinajstić information content (AvgIpc) is 3.12. The van der Waals surface area contributed by atoms with Crippen LogP contribution in [0.2, 0.25) is 0 Å². The second-order valence-corrected chi connectivity index (χ2v) is 7.60. The number of nitrogens with zero attached hydrogens (tertiary/aromatic N) is 4. The zero-order valence-electron chi connectivity index (χ0n) is 18.5. The van der Waals surface area contributed by atoms with Crippen molar-refractivity contribution in [3.8, 4) is 0 Å². The van der Waals surface area contributed by atoms with Crippen LogP contribution in [0.25, 0.3) is 0 Å². The summed E-state index contributed by atoms with van der Waals surface area (Å²) in [4.78, 5) is 28.8. The predicted molar refractivity (Wildman–Crippen MR) is 122 cm³/mol. The van der Waals surface area contributed by atoms with Crippen LogP contribution in [0, 0.1) is 0 Å². The summed E-state index contributed by atoms with van der Waals surface area (Å²) in [6.07, 6.45) is 4.58. The van der Waals surface area contributed by atoms with Gasteiger partial charge in [-0.05, 0) is 50.3 Å². The van der Waals surface area contributed by atoms with Gasteiger partial charge in [0, 0.05) is 51.8 Å². The molecule has 0 spiro atoms. The van der Waals surface area contributed by atoms with Gasteiger partial charge < -0.3 is 16.0 Å². The number of carbonyl (C=O) groups excluding carboxylic acids is 1. The van der Waals surface area contributed by atoms with Gasteiger partial charge in [-0.1, -0.05) is 12.1 Å². The van der Waals surface area contributed by atoms with Gasteiger partial charge in [-0.3, -0.25) is 14.4 Å². The van der Waals surface area contributed by atoms with Crippen LogP contribution in [0.1, 0.15) is 47.9 Å². The van der Waals surface area contributed by atoms with Gasteiger partial charge >= 0.3 is 5.69 Å². The third-order valence-corrected chi connectivity index (χ3v) is 5.30. The number of hydrogen-bond acceptors (Lipinski definition) is 4. The highest BCUT2D eigenvalue weighted by Gasteiger charge is 2.16. The Morgan fingerprint density at radius 2 is 2.13 bits per heavy atom. The summed E-state index contributed by atoms with van der Waals surface area (Å²) in [7, 11) is 1.63. The van der Waals surface area contributed by atoms with E-state index in [0.717, 1.165) is 62.5 Å². The Hall–Kier alpha value is -3.10. The molecule has 0 fully saturated rings. The van der Waals surface area contributed by atoms with Crippen LogP contribution in [0.5, 0.6) is 0 Å². The van der Waals surface area contributed by atoms with Crippen molar-refractivity contribution >= 4 is 11.9 Å². The topological polar surface area (TPSA) is 105 Å². The molecule has 0 radical (unpaired) electrons. The number of benzene rings is 1. The number of fused-ring (bicyclic) bond motifs is 1. The van der Waals surface area contributed by atoms with E-state index in [-0.39, 0.29) is 11.6 Å². The van der Waals surface area contributed by atoms with Gasteiger partial charge in [0.2, 0.25) is 0 Å². The fourth-order valence-corrected chi connectivity index (χ4v) is 3.68. The largest absolute Gasteiger partial charge is 0.357 e. The van der Waals surface area contributed by atoms with Crippen LogP contribution in [0.3, 0.4) is 0 Å². The quantitative estimate of drug-likeness (QED) is 0.314. The van der Waals surface area contributed by atoms with Crippen molar-refractivity contribution in [2.75, 3.05) is 26.7 Å². The number of aliphatic imine (C=N–C) groups is 1. The number of carbonyl (C=O) groups is 1. The maximum Gasteiger partial charge on any atom is 0.345 e. The molecule has 0 atom stereocenters. The lowest BCUT2D eigenvalue weighted by Gasteiger charge is -2.11. The molecule has 3 rings (SSSR count). The molecule has 1 aliphatic rings. The molecule has 3 N–H and O–H groups in total. The Balaban J connectivity index is 1.47. The smallest absolute Gasteiger partial charge is 0.345 e. The van der Waals surface area contributed by atoms with E-state index in [1.54, 1.807) is 16.3 Å². The van der Waals surface area contributed by atoms with Crippen LogP contribution in [-0.2, 0) is 25.9 Å². The van der Waals surface area contributed by atoms with Gasteiger partial charge in [0.15, 0.2) is 5.96 Å². The maximum atomic E-state index is 12.4. The lowest BCUT2D eigenvalue weighted by atomic mass is 10.1. The molecule has 0 saturated carbocycles. The summed E-state index contributed by atoms with van der Waals surface area (Å²) >= 11 is 0. The number of guanidine groups is 1. The minimum atomic E-state index is -0.0811. The van der Waals surface area contributed by atoms with Gasteiger partial charge in [-0.25, -0.2) is 9.48 Å². The summed E-state index contributed by atoms with van der Waals surface area (Å²) in [5.74, 6) is 1.58. The standard InChI is InChI=1S/C22H33N7O2/c1-3-24-21(26-13-11-17-8-6-9-18(16-17)20(30)23-2)25-12-7-15-29-22(31)28-14-5-4-10-19(28)27-29/h6,8-9,16H,3-5,7,10-15H2,1-2H3,(H,23,30)(H2,24,25,26). The molecule has 2 aromatic rings. The normalized spacial score (nSPS) is 13.5. The first-order valence-corrected chi connectivity index (χ1v) is 11.1. The van der Waals surface area contributed by atoms with Crippen molar-refractivity contribution in [2.24, 2.45) is 4.99 Å². The fourth-order valence-electron chi connectivity index (χ4n) is 3.68. The first-order valence-electron chi connectivity index (χ1n) is 11.1. The van der Waals surface area contributed by atoms with Gasteiger partial charge in [-0.2, -0.15) is 5.10 Å². The van der Waals surface area contributed by atoms with E-state index in [4.69, 9.17) is 0 Å². The molecule has 0 aliphatic carbocycles. The van der Waals surface area contributed by atoms with Crippen LogP contribution in [-0.4, -0.2) is 52.9 Å². The van der Waals surface area contributed by atoms with Crippen molar-refractivity contribution in [1.29, 1.82) is 0 Å². The number of rotatable bonds is 9. The van der Waals surface area contributed by atoms with E-state index in [9.17, 15) is 9.59 Å². The SMILES string of the molecule is CCNC(=NCCCn1nc2n(c1=O)CCCC2)NCCc1cccc(C(=O)NC)c1. The van der Waals surface area contributed by atoms with E-state index in [2.05, 4.69) is 26.0 Å². The monoisotopic (exact) mass is 427 g/mol. The molecule has 1 amide bonds. The van der Waals surface area contributed by atoms with Crippen molar-refractivity contribution in [3.05, 3.63) is 51.7 Å². The van der Waals surface area contributed by atoms with Gasteiger partial charge in [0.05, 0.1) is 0 Å². The molecule has 2 heterocycles. The summed E-state index contributed by atoms with van der Waals surface area (Å²) in [5, 5.41) is 13.7. The molecule has 1 aromatic carbocycles. The third-order valence-electron chi connectivity index (χ3n) is 5.30. The molecular formula is C22H33N7O2. The molecular weight excluding hydrogens is 394 g/mol.